The van der Waals surface area contributed by atoms with Crippen LogP contribution in [0.2, 0.25) is 0 Å². The second-order valence-corrected chi connectivity index (χ2v) is 5.91. The van der Waals surface area contributed by atoms with E-state index in [-0.39, 0.29) is 5.97 Å². The van der Waals surface area contributed by atoms with E-state index in [1.165, 1.54) is 70.3 Å². The molecule has 0 aliphatic rings. The maximum atomic E-state index is 10.9. The van der Waals surface area contributed by atoms with E-state index < -0.39 is 0 Å². The van der Waals surface area contributed by atoms with Gasteiger partial charge in [0.15, 0.2) is 0 Å². The number of rotatable bonds is 14. The van der Waals surface area contributed by atoms with Crippen molar-refractivity contribution in [2.45, 2.75) is 84.5 Å². The predicted molar refractivity (Wildman–Crippen MR) is 86.8 cm³/mol. The lowest BCUT2D eigenvalue weighted by molar-refractivity contribution is -0.139. The van der Waals surface area contributed by atoms with Crippen molar-refractivity contribution < 1.29 is 9.53 Å². The summed E-state index contributed by atoms with van der Waals surface area (Å²) in [4.78, 5) is 10.9. The van der Waals surface area contributed by atoms with Crippen molar-refractivity contribution >= 4 is 5.97 Å². The van der Waals surface area contributed by atoms with E-state index >= 15 is 0 Å². The zero-order chi connectivity index (χ0) is 15.1. The molecule has 1 unspecified atom stereocenters. The number of hydrogen-bond donors (Lipinski definition) is 0. The fourth-order valence-electron chi connectivity index (χ4n) is 2.35. The first kappa shape index (κ1) is 19.2. The van der Waals surface area contributed by atoms with Gasteiger partial charge in [-0.3, -0.25) is 0 Å². The summed E-state index contributed by atoms with van der Waals surface area (Å²) in [6.45, 7) is 8.33. The summed E-state index contributed by atoms with van der Waals surface area (Å²) >= 11 is 0. The molecule has 0 aliphatic carbocycles. The van der Waals surface area contributed by atoms with E-state index in [0.717, 1.165) is 6.42 Å². The average Bonchev–Trinajstić information content (AvgIpc) is 2.46. The number of carbonyl (C=O) groups excluding carboxylic acids is 1. The van der Waals surface area contributed by atoms with Crippen LogP contribution < -0.4 is 0 Å². The second-order valence-electron chi connectivity index (χ2n) is 5.91. The molecule has 0 fully saturated rings. The van der Waals surface area contributed by atoms with Crippen LogP contribution in [0.25, 0.3) is 0 Å². The molecule has 0 aromatic carbocycles. The maximum absolute atomic E-state index is 10.9. The molecule has 0 spiro atoms. The highest BCUT2D eigenvalue weighted by Crippen LogP contribution is 2.14. The first-order valence-corrected chi connectivity index (χ1v) is 8.49. The minimum Gasteiger partial charge on any atom is -0.462 e. The molecule has 0 rings (SSSR count). The maximum Gasteiger partial charge on any atom is 0.330 e. The predicted octanol–water partition coefficient (Wildman–Crippen LogP) is 5.66. The Labute approximate surface area is 126 Å². The van der Waals surface area contributed by atoms with Gasteiger partial charge in [0, 0.05) is 6.08 Å². The monoisotopic (exact) mass is 282 g/mol. The van der Waals surface area contributed by atoms with Gasteiger partial charge in [-0.05, 0) is 12.3 Å². The average molecular weight is 282 g/mol. The van der Waals surface area contributed by atoms with E-state index in [1.54, 1.807) is 0 Å². The third kappa shape index (κ3) is 13.6. The Bertz CT molecular complexity index is 236. The number of ether oxygens (including phenoxy) is 1. The highest BCUT2D eigenvalue weighted by atomic mass is 16.5. The van der Waals surface area contributed by atoms with Crippen molar-refractivity contribution in [2.75, 3.05) is 6.61 Å². The summed E-state index contributed by atoms with van der Waals surface area (Å²) in [6, 6.07) is 0. The van der Waals surface area contributed by atoms with Crippen LogP contribution in [0.5, 0.6) is 0 Å². The molecule has 0 saturated heterocycles. The smallest absolute Gasteiger partial charge is 0.330 e. The number of unbranched alkanes of at least 4 members (excludes halogenated alkanes) is 9. The van der Waals surface area contributed by atoms with Gasteiger partial charge >= 0.3 is 5.97 Å². The van der Waals surface area contributed by atoms with Gasteiger partial charge < -0.3 is 4.74 Å². The molecule has 2 nitrogen and oxygen atoms in total. The zero-order valence-corrected chi connectivity index (χ0v) is 13.7. The zero-order valence-electron chi connectivity index (χ0n) is 13.7. The standard InChI is InChI=1S/C18H34O2/c1-4-6-7-8-9-10-11-12-13-14-15-17(3)16-20-18(19)5-2/h5,17H,2,4,6-16H2,1,3H3. The van der Waals surface area contributed by atoms with E-state index in [0.29, 0.717) is 12.5 Å². The van der Waals surface area contributed by atoms with Gasteiger partial charge in [-0.1, -0.05) is 84.6 Å². The van der Waals surface area contributed by atoms with Crippen LogP contribution in [-0.2, 0) is 9.53 Å². The van der Waals surface area contributed by atoms with Gasteiger partial charge in [0.1, 0.15) is 0 Å². The van der Waals surface area contributed by atoms with Crippen molar-refractivity contribution in [1.29, 1.82) is 0 Å². The largest absolute Gasteiger partial charge is 0.462 e. The van der Waals surface area contributed by atoms with Gasteiger partial charge in [-0.2, -0.15) is 0 Å². The van der Waals surface area contributed by atoms with Crippen molar-refractivity contribution in [1.82, 2.24) is 0 Å². The lowest BCUT2D eigenvalue weighted by atomic mass is 10.0. The highest BCUT2D eigenvalue weighted by molar-refractivity contribution is 5.81. The molecule has 2 heteroatoms. The minimum absolute atomic E-state index is 0.306. The van der Waals surface area contributed by atoms with E-state index in [1.807, 2.05) is 0 Å². The topological polar surface area (TPSA) is 26.3 Å². The summed E-state index contributed by atoms with van der Waals surface area (Å²) in [5.74, 6) is 0.160. The number of carbonyl (C=O) groups is 1. The van der Waals surface area contributed by atoms with E-state index in [4.69, 9.17) is 4.74 Å². The fourth-order valence-corrected chi connectivity index (χ4v) is 2.35. The normalized spacial score (nSPS) is 12.1. The van der Waals surface area contributed by atoms with E-state index in [2.05, 4.69) is 20.4 Å². The lowest BCUT2D eigenvalue weighted by Gasteiger charge is -2.10. The Morgan fingerprint density at radius 3 is 2.00 bits per heavy atom. The van der Waals surface area contributed by atoms with Gasteiger partial charge in [-0.15, -0.1) is 0 Å². The molecular formula is C18H34O2. The molecule has 0 saturated carbocycles. The third-order valence-corrected chi connectivity index (χ3v) is 3.73. The Balaban J connectivity index is 3.19. The molecule has 1 atom stereocenters. The SMILES string of the molecule is C=CC(=O)OCC(C)CCCCCCCCCCCC. The summed E-state index contributed by atoms with van der Waals surface area (Å²) in [5.41, 5.74) is 0. The Kier molecular flexibility index (Phi) is 14.0. The Hall–Kier alpha value is -0.790. The second kappa shape index (κ2) is 14.6. The van der Waals surface area contributed by atoms with Crippen molar-refractivity contribution in [3.8, 4) is 0 Å². The van der Waals surface area contributed by atoms with Crippen LogP contribution >= 0.6 is 0 Å². The van der Waals surface area contributed by atoms with Crippen LogP contribution in [0, 0.1) is 5.92 Å². The molecular weight excluding hydrogens is 248 g/mol. The van der Waals surface area contributed by atoms with Crippen LogP contribution in [-0.4, -0.2) is 12.6 Å². The summed E-state index contributed by atoms with van der Waals surface area (Å²) in [7, 11) is 0. The Morgan fingerprint density at radius 1 is 1.00 bits per heavy atom. The van der Waals surface area contributed by atoms with Crippen molar-refractivity contribution in [2.24, 2.45) is 5.92 Å². The van der Waals surface area contributed by atoms with Crippen LogP contribution in [0.1, 0.15) is 84.5 Å². The quantitative estimate of drug-likeness (QED) is 0.233. The molecule has 0 aromatic heterocycles. The molecule has 0 bridgehead atoms. The summed E-state index contributed by atoms with van der Waals surface area (Å²) in [5, 5.41) is 0. The first-order chi connectivity index (χ1) is 9.70. The number of hydrogen-bond acceptors (Lipinski definition) is 2. The van der Waals surface area contributed by atoms with Gasteiger partial charge in [-0.25, -0.2) is 4.79 Å². The van der Waals surface area contributed by atoms with Crippen molar-refractivity contribution in [3.63, 3.8) is 0 Å². The molecule has 0 aliphatic heterocycles. The molecule has 0 aromatic rings. The van der Waals surface area contributed by atoms with Gasteiger partial charge in [0.2, 0.25) is 0 Å². The summed E-state index contributed by atoms with van der Waals surface area (Å²) < 4.78 is 5.04. The summed E-state index contributed by atoms with van der Waals surface area (Å²) in [6.07, 6.45) is 16.1. The first-order valence-electron chi connectivity index (χ1n) is 8.49. The molecule has 118 valence electrons. The van der Waals surface area contributed by atoms with Gasteiger partial charge in [0.05, 0.1) is 6.61 Å². The fraction of sp³-hybridized carbons (Fsp3) is 0.833. The van der Waals surface area contributed by atoms with Crippen LogP contribution in [0.4, 0.5) is 0 Å². The molecule has 0 N–H and O–H groups in total. The van der Waals surface area contributed by atoms with E-state index in [9.17, 15) is 4.79 Å². The van der Waals surface area contributed by atoms with Crippen molar-refractivity contribution in [3.05, 3.63) is 12.7 Å². The van der Waals surface area contributed by atoms with Gasteiger partial charge in [0.25, 0.3) is 0 Å². The van der Waals surface area contributed by atoms with Crippen LogP contribution in [0.3, 0.4) is 0 Å². The third-order valence-electron chi connectivity index (χ3n) is 3.73. The Morgan fingerprint density at radius 2 is 1.50 bits per heavy atom. The highest BCUT2D eigenvalue weighted by Gasteiger charge is 2.04. The minimum atomic E-state index is -0.306. The molecule has 0 radical (unpaired) electrons. The van der Waals surface area contributed by atoms with Crippen LogP contribution in [0.15, 0.2) is 12.7 Å². The number of esters is 1. The lowest BCUT2D eigenvalue weighted by Crippen LogP contribution is -2.09. The molecule has 0 heterocycles. The molecule has 20 heavy (non-hydrogen) atoms. The molecule has 0 amide bonds.